The third-order valence-electron chi connectivity index (χ3n) is 1.42. The second-order valence-corrected chi connectivity index (χ2v) is 3.03. The number of Topliss-reactive ketones (excluding diaryl/α,β-unsaturated/α-hetero) is 1. The Kier molecular flexibility index (Phi) is 5.73. The molecule has 0 aliphatic rings. The summed E-state index contributed by atoms with van der Waals surface area (Å²) in [5.74, 6) is 1.18. The minimum atomic E-state index is 0.0556. The zero-order valence-electron chi connectivity index (χ0n) is 6.81. The van der Waals surface area contributed by atoms with E-state index in [4.69, 9.17) is 0 Å². The van der Waals surface area contributed by atoms with Crippen LogP contribution in [0.4, 0.5) is 0 Å². The Bertz CT molecular complexity index is 106. The van der Waals surface area contributed by atoms with Gasteiger partial charge in [0, 0.05) is 12.2 Å². The fourth-order valence-corrected chi connectivity index (χ4v) is 1.44. The maximum Gasteiger partial charge on any atom is 0.150 e. The molecule has 0 radical (unpaired) electrons. The molecule has 3 heteroatoms. The first-order chi connectivity index (χ1) is 4.76. The summed E-state index contributed by atoms with van der Waals surface area (Å²) < 4.78 is 0. The molecule has 0 bridgehead atoms. The molecule has 0 aromatic carbocycles. The van der Waals surface area contributed by atoms with Gasteiger partial charge in [0.05, 0.1) is 6.04 Å². The monoisotopic (exact) mass is 161 g/mol. The molecule has 0 fully saturated rings. The largest absolute Gasteiger partial charge is 0.310 e. The van der Waals surface area contributed by atoms with E-state index in [1.54, 1.807) is 11.8 Å². The number of likely N-dealkylation sites (N-methyl/N-ethyl adjacent to an activating group) is 1. The van der Waals surface area contributed by atoms with Crippen LogP contribution >= 0.6 is 11.8 Å². The van der Waals surface area contributed by atoms with E-state index in [0.717, 1.165) is 5.75 Å². The van der Waals surface area contributed by atoms with Crippen molar-refractivity contribution in [2.75, 3.05) is 19.1 Å². The highest BCUT2D eigenvalue weighted by atomic mass is 32.2. The number of rotatable bonds is 5. The summed E-state index contributed by atoms with van der Waals surface area (Å²) in [4.78, 5) is 11.1. The molecule has 0 aromatic heterocycles. The Labute approximate surface area is 66.8 Å². The van der Waals surface area contributed by atoms with E-state index < -0.39 is 0 Å². The Morgan fingerprint density at radius 3 is 2.60 bits per heavy atom. The van der Waals surface area contributed by atoms with E-state index >= 15 is 0 Å². The normalized spacial score (nSPS) is 13.1. The van der Waals surface area contributed by atoms with E-state index in [1.807, 2.05) is 20.2 Å². The van der Waals surface area contributed by atoms with Gasteiger partial charge in [0.2, 0.25) is 0 Å². The van der Waals surface area contributed by atoms with Gasteiger partial charge in [0.15, 0.2) is 0 Å². The van der Waals surface area contributed by atoms with Gasteiger partial charge in [0.1, 0.15) is 5.78 Å². The second kappa shape index (κ2) is 5.74. The van der Waals surface area contributed by atoms with Gasteiger partial charge in [-0.3, -0.25) is 4.79 Å². The average Bonchev–Trinajstić information content (AvgIpc) is 1.99. The van der Waals surface area contributed by atoms with Gasteiger partial charge in [0.25, 0.3) is 0 Å². The smallest absolute Gasteiger partial charge is 0.150 e. The van der Waals surface area contributed by atoms with Gasteiger partial charge in [-0.05, 0) is 13.3 Å². The number of thioether (sulfide) groups is 1. The molecular formula is C7H15NOS. The highest BCUT2D eigenvalue weighted by Crippen LogP contribution is 1.99. The zero-order valence-corrected chi connectivity index (χ0v) is 7.62. The van der Waals surface area contributed by atoms with Crippen LogP contribution in [0.15, 0.2) is 0 Å². The molecule has 2 nitrogen and oxygen atoms in total. The molecule has 60 valence electrons. The maximum atomic E-state index is 11.1. The lowest BCUT2D eigenvalue weighted by Gasteiger charge is -2.11. The van der Waals surface area contributed by atoms with Gasteiger partial charge in [-0.2, -0.15) is 11.8 Å². The lowest BCUT2D eigenvalue weighted by Crippen LogP contribution is -2.35. The molecule has 0 spiro atoms. The van der Waals surface area contributed by atoms with Crippen molar-refractivity contribution in [3.8, 4) is 0 Å². The molecule has 0 rings (SSSR count). The fraction of sp³-hybridized carbons (Fsp3) is 0.857. The molecule has 0 aliphatic carbocycles. The molecular weight excluding hydrogens is 146 g/mol. The number of carbonyl (C=O) groups is 1. The van der Waals surface area contributed by atoms with Crippen molar-refractivity contribution in [1.29, 1.82) is 0 Å². The van der Waals surface area contributed by atoms with Crippen LogP contribution in [0, 0.1) is 0 Å². The minimum Gasteiger partial charge on any atom is -0.310 e. The van der Waals surface area contributed by atoms with Gasteiger partial charge in [-0.25, -0.2) is 0 Å². The SMILES string of the molecule is CCC(=O)[C@H](CSC)NC. The summed E-state index contributed by atoms with van der Waals surface area (Å²) in [5.41, 5.74) is 0. The van der Waals surface area contributed by atoms with E-state index in [2.05, 4.69) is 5.32 Å². The summed E-state index contributed by atoms with van der Waals surface area (Å²) in [5, 5.41) is 2.98. The van der Waals surface area contributed by atoms with Crippen LogP contribution in [0.2, 0.25) is 0 Å². The molecule has 0 saturated carbocycles. The fourth-order valence-electron chi connectivity index (χ4n) is 0.750. The first kappa shape index (κ1) is 9.98. The molecule has 1 atom stereocenters. The van der Waals surface area contributed by atoms with Crippen molar-refractivity contribution >= 4 is 17.5 Å². The van der Waals surface area contributed by atoms with Gasteiger partial charge < -0.3 is 5.32 Å². The van der Waals surface area contributed by atoms with Gasteiger partial charge >= 0.3 is 0 Å². The highest BCUT2D eigenvalue weighted by Gasteiger charge is 2.11. The van der Waals surface area contributed by atoms with Crippen molar-refractivity contribution < 1.29 is 4.79 Å². The van der Waals surface area contributed by atoms with Crippen molar-refractivity contribution in [1.82, 2.24) is 5.32 Å². The highest BCUT2D eigenvalue weighted by molar-refractivity contribution is 7.98. The lowest BCUT2D eigenvalue weighted by molar-refractivity contribution is -0.120. The first-order valence-corrected chi connectivity index (χ1v) is 4.84. The predicted molar refractivity (Wildman–Crippen MR) is 46.5 cm³/mol. The first-order valence-electron chi connectivity index (χ1n) is 3.45. The molecule has 0 unspecified atom stereocenters. The third kappa shape index (κ3) is 3.22. The van der Waals surface area contributed by atoms with Crippen LogP contribution in [0.1, 0.15) is 13.3 Å². The van der Waals surface area contributed by atoms with Gasteiger partial charge in [-0.1, -0.05) is 6.92 Å². The Morgan fingerprint density at radius 2 is 2.30 bits per heavy atom. The molecule has 0 heterocycles. The van der Waals surface area contributed by atoms with E-state index in [9.17, 15) is 4.79 Å². The number of nitrogens with one attached hydrogen (secondary N) is 1. The van der Waals surface area contributed by atoms with Crippen LogP contribution in [0.5, 0.6) is 0 Å². The number of hydrogen-bond acceptors (Lipinski definition) is 3. The summed E-state index contributed by atoms with van der Waals surface area (Å²) in [6, 6.07) is 0.0556. The third-order valence-corrected chi connectivity index (χ3v) is 2.09. The molecule has 0 aromatic rings. The maximum absolute atomic E-state index is 11.1. The zero-order chi connectivity index (χ0) is 7.98. The van der Waals surface area contributed by atoms with Crippen molar-refractivity contribution in [2.45, 2.75) is 19.4 Å². The second-order valence-electron chi connectivity index (χ2n) is 2.12. The van der Waals surface area contributed by atoms with Gasteiger partial charge in [-0.15, -0.1) is 0 Å². The summed E-state index contributed by atoms with van der Waals surface area (Å²) in [7, 11) is 1.83. The predicted octanol–water partition coefficient (Wildman–Crippen LogP) is 0.916. The summed E-state index contributed by atoms with van der Waals surface area (Å²) in [6.45, 7) is 1.90. The van der Waals surface area contributed by atoms with Crippen molar-refractivity contribution in [3.05, 3.63) is 0 Å². The summed E-state index contributed by atoms with van der Waals surface area (Å²) in [6.07, 6.45) is 2.64. The Hall–Kier alpha value is -0.0200. The van der Waals surface area contributed by atoms with Crippen molar-refractivity contribution in [3.63, 3.8) is 0 Å². The number of hydrogen-bond donors (Lipinski definition) is 1. The minimum absolute atomic E-state index is 0.0556. The van der Waals surface area contributed by atoms with Crippen LogP contribution in [0.3, 0.4) is 0 Å². The quantitative estimate of drug-likeness (QED) is 0.650. The molecule has 0 aliphatic heterocycles. The topological polar surface area (TPSA) is 29.1 Å². The van der Waals surface area contributed by atoms with E-state index in [-0.39, 0.29) is 6.04 Å². The van der Waals surface area contributed by atoms with Crippen LogP contribution in [-0.4, -0.2) is 30.9 Å². The molecule has 0 amide bonds. The number of carbonyl (C=O) groups excluding carboxylic acids is 1. The Balaban J connectivity index is 3.68. The lowest BCUT2D eigenvalue weighted by atomic mass is 10.2. The summed E-state index contributed by atoms with van der Waals surface area (Å²) >= 11 is 1.69. The number of ketones is 1. The van der Waals surface area contributed by atoms with Crippen LogP contribution in [-0.2, 0) is 4.79 Å². The van der Waals surface area contributed by atoms with Crippen molar-refractivity contribution in [2.24, 2.45) is 0 Å². The molecule has 0 saturated heterocycles. The van der Waals surface area contributed by atoms with Crippen LogP contribution in [0.25, 0.3) is 0 Å². The molecule has 1 N–H and O–H groups in total. The standard InChI is InChI=1S/C7H15NOS/c1-4-7(9)6(8-2)5-10-3/h6,8H,4-5H2,1-3H3/t6-/m0/s1. The van der Waals surface area contributed by atoms with Crippen LogP contribution < -0.4 is 5.32 Å². The van der Waals surface area contributed by atoms with E-state index in [0.29, 0.717) is 12.2 Å². The Morgan fingerprint density at radius 1 is 1.70 bits per heavy atom. The average molecular weight is 161 g/mol. The van der Waals surface area contributed by atoms with E-state index in [1.165, 1.54) is 0 Å². The molecule has 10 heavy (non-hydrogen) atoms.